The van der Waals surface area contributed by atoms with Gasteiger partial charge in [0.2, 0.25) is 0 Å². The quantitative estimate of drug-likeness (QED) is 0.744. The lowest BCUT2D eigenvalue weighted by atomic mass is 9.73. The smallest absolute Gasteiger partial charge is 0.306 e. The first-order chi connectivity index (χ1) is 7.59. The van der Waals surface area contributed by atoms with Gasteiger partial charge in [-0.15, -0.1) is 0 Å². The van der Waals surface area contributed by atoms with Crippen LogP contribution in [-0.4, -0.2) is 22.2 Å². The number of carbonyl (C=O) groups is 2. The number of carboxylic acids is 2. The lowest BCUT2D eigenvalue weighted by molar-refractivity contribution is -0.149. The SMILES string of the molecule is O=C(O)C1CC2CC1C1C(C(=O)O)CCC21. The van der Waals surface area contributed by atoms with Crippen molar-refractivity contribution in [3.05, 3.63) is 0 Å². The predicted octanol–water partition coefficient (Wildman–Crippen LogP) is 1.45. The summed E-state index contributed by atoms with van der Waals surface area (Å²) < 4.78 is 0. The molecule has 6 atom stereocenters. The van der Waals surface area contributed by atoms with E-state index in [1.165, 1.54) is 0 Å². The summed E-state index contributed by atoms with van der Waals surface area (Å²) in [7, 11) is 0. The first-order valence-electron chi connectivity index (χ1n) is 6.05. The van der Waals surface area contributed by atoms with Crippen molar-refractivity contribution in [1.29, 1.82) is 0 Å². The summed E-state index contributed by atoms with van der Waals surface area (Å²) >= 11 is 0. The third kappa shape index (κ3) is 1.16. The zero-order chi connectivity index (χ0) is 11.4. The van der Waals surface area contributed by atoms with Crippen LogP contribution in [0.25, 0.3) is 0 Å². The van der Waals surface area contributed by atoms with Gasteiger partial charge >= 0.3 is 11.9 Å². The zero-order valence-corrected chi connectivity index (χ0v) is 9.00. The highest BCUT2D eigenvalue weighted by atomic mass is 16.4. The fourth-order valence-corrected chi connectivity index (χ4v) is 4.68. The van der Waals surface area contributed by atoms with Gasteiger partial charge in [-0.1, -0.05) is 0 Å². The lowest BCUT2D eigenvalue weighted by Gasteiger charge is -2.31. The second kappa shape index (κ2) is 3.22. The van der Waals surface area contributed by atoms with E-state index in [1.54, 1.807) is 0 Å². The van der Waals surface area contributed by atoms with Crippen LogP contribution in [0.3, 0.4) is 0 Å². The fraction of sp³-hybridized carbons (Fsp3) is 0.833. The van der Waals surface area contributed by atoms with Gasteiger partial charge in [0.15, 0.2) is 0 Å². The van der Waals surface area contributed by atoms with Gasteiger partial charge in [-0.3, -0.25) is 9.59 Å². The predicted molar refractivity (Wildman–Crippen MR) is 54.7 cm³/mol. The number of aliphatic carboxylic acids is 2. The minimum atomic E-state index is -0.720. The van der Waals surface area contributed by atoms with Gasteiger partial charge in [0.05, 0.1) is 11.8 Å². The largest absolute Gasteiger partial charge is 0.481 e. The zero-order valence-electron chi connectivity index (χ0n) is 9.00. The Labute approximate surface area is 93.6 Å². The number of hydrogen-bond acceptors (Lipinski definition) is 2. The normalized spacial score (nSPS) is 49.2. The summed E-state index contributed by atoms with van der Waals surface area (Å²) in [6.45, 7) is 0. The van der Waals surface area contributed by atoms with Gasteiger partial charge in [-0.2, -0.15) is 0 Å². The van der Waals surface area contributed by atoms with Crippen LogP contribution >= 0.6 is 0 Å². The molecule has 16 heavy (non-hydrogen) atoms. The molecule has 0 heterocycles. The van der Waals surface area contributed by atoms with E-state index in [0.29, 0.717) is 11.8 Å². The molecule has 2 bridgehead atoms. The molecule has 0 spiro atoms. The molecule has 0 aromatic rings. The third-order valence-corrected chi connectivity index (χ3v) is 5.15. The van der Waals surface area contributed by atoms with Crippen molar-refractivity contribution in [2.24, 2.45) is 35.5 Å². The van der Waals surface area contributed by atoms with Crippen LogP contribution in [0.1, 0.15) is 25.7 Å². The third-order valence-electron chi connectivity index (χ3n) is 5.15. The molecule has 0 amide bonds. The summed E-state index contributed by atoms with van der Waals surface area (Å²) in [6.07, 6.45) is 3.49. The maximum atomic E-state index is 11.1. The minimum absolute atomic E-state index is 0.135. The number of fused-ring (bicyclic) bond motifs is 5. The van der Waals surface area contributed by atoms with Crippen LogP contribution in [0.4, 0.5) is 0 Å². The molecule has 0 aromatic heterocycles. The molecular formula is C12H16O4. The molecule has 3 fully saturated rings. The molecule has 88 valence electrons. The Bertz CT molecular complexity index is 351. The molecule has 3 saturated carbocycles. The second-order valence-corrected chi connectivity index (χ2v) is 5.60. The van der Waals surface area contributed by atoms with Gasteiger partial charge in [0.25, 0.3) is 0 Å². The molecule has 3 aliphatic rings. The average molecular weight is 224 g/mol. The average Bonchev–Trinajstić information content (AvgIpc) is 2.87. The van der Waals surface area contributed by atoms with Crippen molar-refractivity contribution in [3.8, 4) is 0 Å². The molecule has 0 aliphatic heterocycles. The summed E-state index contributed by atoms with van der Waals surface area (Å²) in [5.41, 5.74) is 0. The molecule has 4 heteroatoms. The standard InChI is InChI=1S/C12H16O4/c13-11(14)7-2-1-6-5-3-8(10(6)7)9(4-5)12(15)16/h5-10H,1-4H2,(H,13,14)(H,15,16). The van der Waals surface area contributed by atoms with E-state index in [4.69, 9.17) is 10.2 Å². The first-order valence-corrected chi connectivity index (χ1v) is 6.05. The van der Waals surface area contributed by atoms with Crippen LogP contribution in [0.2, 0.25) is 0 Å². The number of carboxylic acid groups (broad SMARTS) is 2. The Balaban J connectivity index is 1.87. The molecule has 6 unspecified atom stereocenters. The minimum Gasteiger partial charge on any atom is -0.481 e. The van der Waals surface area contributed by atoms with Gasteiger partial charge in [0.1, 0.15) is 0 Å². The highest BCUT2D eigenvalue weighted by Crippen LogP contribution is 2.62. The van der Waals surface area contributed by atoms with Crippen molar-refractivity contribution in [1.82, 2.24) is 0 Å². The summed E-state index contributed by atoms with van der Waals surface area (Å²) in [5.74, 6) is -0.713. The molecule has 0 saturated heterocycles. The summed E-state index contributed by atoms with van der Waals surface area (Å²) in [6, 6.07) is 0. The highest BCUT2D eigenvalue weighted by Gasteiger charge is 2.60. The van der Waals surface area contributed by atoms with Crippen LogP contribution in [0, 0.1) is 35.5 Å². The van der Waals surface area contributed by atoms with E-state index in [1.807, 2.05) is 0 Å². The lowest BCUT2D eigenvalue weighted by Crippen LogP contribution is -2.34. The maximum absolute atomic E-state index is 11.1. The molecule has 2 N–H and O–H groups in total. The molecule has 4 nitrogen and oxygen atoms in total. The van der Waals surface area contributed by atoms with E-state index in [2.05, 4.69) is 0 Å². The van der Waals surface area contributed by atoms with E-state index < -0.39 is 11.9 Å². The van der Waals surface area contributed by atoms with Gasteiger partial charge in [0, 0.05) is 0 Å². The van der Waals surface area contributed by atoms with E-state index in [-0.39, 0.29) is 23.7 Å². The van der Waals surface area contributed by atoms with Crippen LogP contribution in [0.15, 0.2) is 0 Å². The molecule has 0 aromatic carbocycles. The molecule has 3 aliphatic carbocycles. The van der Waals surface area contributed by atoms with Crippen LogP contribution < -0.4 is 0 Å². The van der Waals surface area contributed by atoms with E-state index in [9.17, 15) is 9.59 Å². The summed E-state index contributed by atoms with van der Waals surface area (Å²) in [4.78, 5) is 22.3. The van der Waals surface area contributed by atoms with Crippen molar-refractivity contribution in [2.45, 2.75) is 25.7 Å². The van der Waals surface area contributed by atoms with Crippen LogP contribution in [-0.2, 0) is 9.59 Å². The molecular weight excluding hydrogens is 208 g/mol. The van der Waals surface area contributed by atoms with Crippen LogP contribution in [0.5, 0.6) is 0 Å². The Kier molecular flexibility index (Phi) is 2.03. The monoisotopic (exact) mass is 224 g/mol. The van der Waals surface area contributed by atoms with Crippen molar-refractivity contribution < 1.29 is 19.8 Å². The molecule has 3 rings (SSSR count). The fourth-order valence-electron chi connectivity index (χ4n) is 4.68. The second-order valence-electron chi connectivity index (χ2n) is 5.60. The Morgan fingerprint density at radius 3 is 2.19 bits per heavy atom. The molecule has 0 radical (unpaired) electrons. The highest BCUT2D eigenvalue weighted by molar-refractivity contribution is 5.73. The Hall–Kier alpha value is -1.06. The topological polar surface area (TPSA) is 74.6 Å². The van der Waals surface area contributed by atoms with Gasteiger partial charge in [-0.05, 0) is 49.4 Å². The van der Waals surface area contributed by atoms with Crippen molar-refractivity contribution in [3.63, 3.8) is 0 Å². The Morgan fingerprint density at radius 1 is 0.875 bits per heavy atom. The first kappa shape index (κ1) is 10.1. The number of hydrogen-bond donors (Lipinski definition) is 2. The van der Waals surface area contributed by atoms with Crippen molar-refractivity contribution in [2.75, 3.05) is 0 Å². The van der Waals surface area contributed by atoms with Gasteiger partial charge < -0.3 is 10.2 Å². The number of rotatable bonds is 2. The van der Waals surface area contributed by atoms with Gasteiger partial charge in [-0.25, -0.2) is 0 Å². The van der Waals surface area contributed by atoms with Crippen molar-refractivity contribution >= 4 is 11.9 Å². The maximum Gasteiger partial charge on any atom is 0.306 e. The Morgan fingerprint density at radius 2 is 1.56 bits per heavy atom. The van der Waals surface area contributed by atoms with E-state index in [0.717, 1.165) is 25.7 Å². The summed E-state index contributed by atoms with van der Waals surface area (Å²) in [5, 5.41) is 18.3. The van der Waals surface area contributed by atoms with E-state index >= 15 is 0 Å².